The molecule has 1 aromatic carbocycles. The largest absolute Gasteiger partial charge is 0.338 e. The van der Waals surface area contributed by atoms with Crippen molar-refractivity contribution in [3.05, 3.63) is 42.5 Å². The Hall–Kier alpha value is -2.22. The van der Waals surface area contributed by atoms with Gasteiger partial charge in [0.2, 0.25) is 0 Å². The molecule has 0 bridgehead atoms. The number of amides is 1. The molecule has 0 aliphatic carbocycles. The molecule has 1 fully saturated rings. The van der Waals surface area contributed by atoms with Crippen LogP contribution in [0.1, 0.15) is 16.8 Å². The van der Waals surface area contributed by atoms with E-state index in [0.29, 0.717) is 12.0 Å². The third kappa shape index (κ3) is 2.87. The summed E-state index contributed by atoms with van der Waals surface area (Å²) in [7, 11) is -1.35. The molecule has 0 N–H and O–H groups in total. The van der Waals surface area contributed by atoms with Gasteiger partial charge in [-0.1, -0.05) is 0 Å². The second-order valence-corrected chi connectivity index (χ2v) is 7.59. The molecule has 8 heteroatoms. The second kappa shape index (κ2) is 5.53. The standard InChI is InChI=1S/C14H16N4O3S/c1-17(13-6-7-22(20,21)8-13)14(19)11-2-4-12(5-3-11)18-10-15-9-16-18/h2-5,9-10,13H,6-8H2,1H3. The average molecular weight is 320 g/mol. The van der Waals surface area contributed by atoms with Crippen LogP contribution in [0.15, 0.2) is 36.9 Å². The van der Waals surface area contributed by atoms with Gasteiger partial charge in [0.15, 0.2) is 9.84 Å². The molecule has 116 valence electrons. The quantitative estimate of drug-likeness (QED) is 0.823. The molecule has 3 rings (SSSR count). The van der Waals surface area contributed by atoms with E-state index >= 15 is 0 Å². The highest BCUT2D eigenvalue weighted by Gasteiger charge is 2.32. The Bertz CT molecular complexity index is 769. The zero-order valence-electron chi connectivity index (χ0n) is 12.1. The molecular weight excluding hydrogens is 304 g/mol. The minimum Gasteiger partial charge on any atom is -0.338 e. The molecule has 2 aromatic rings. The monoisotopic (exact) mass is 320 g/mol. The highest BCUT2D eigenvalue weighted by atomic mass is 32.2. The number of benzene rings is 1. The van der Waals surface area contributed by atoms with Gasteiger partial charge in [0.25, 0.3) is 5.91 Å². The summed E-state index contributed by atoms with van der Waals surface area (Å²) < 4.78 is 24.7. The van der Waals surface area contributed by atoms with Crippen molar-refractivity contribution in [2.24, 2.45) is 0 Å². The lowest BCUT2D eigenvalue weighted by Gasteiger charge is -2.23. The summed E-state index contributed by atoms with van der Waals surface area (Å²) in [4.78, 5) is 17.8. The Morgan fingerprint density at radius 1 is 1.32 bits per heavy atom. The summed E-state index contributed by atoms with van der Waals surface area (Å²) in [5, 5.41) is 4.02. The van der Waals surface area contributed by atoms with Gasteiger partial charge in [-0.05, 0) is 30.7 Å². The first-order chi connectivity index (χ1) is 10.5. The molecule has 1 amide bonds. The summed E-state index contributed by atoms with van der Waals surface area (Å²) in [6.45, 7) is 0. The van der Waals surface area contributed by atoms with E-state index in [1.165, 1.54) is 11.2 Å². The van der Waals surface area contributed by atoms with E-state index < -0.39 is 9.84 Å². The van der Waals surface area contributed by atoms with Crippen molar-refractivity contribution < 1.29 is 13.2 Å². The molecule has 7 nitrogen and oxygen atoms in total. The highest BCUT2D eigenvalue weighted by molar-refractivity contribution is 7.91. The fraction of sp³-hybridized carbons (Fsp3) is 0.357. The summed E-state index contributed by atoms with van der Waals surface area (Å²) in [6.07, 6.45) is 3.52. The van der Waals surface area contributed by atoms with Gasteiger partial charge in [-0.15, -0.1) is 0 Å². The summed E-state index contributed by atoms with van der Waals surface area (Å²) in [5.74, 6) is 0.0273. The SMILES string of the molecule is CN(C(=O)c1ccc(-n2cncn2)cc1)C1CCS(=O)(=O)C1. The number of hydrogen-bond donors (Lipinski definition) is 0. The topological polar surface area (TPSA) is 85.2 Å². The summed E-state index contributed by atoms with van der Waals surface area (Å²) in [5.41, 5.74) is 1.33. The van der Waals surface area contributed by atoms with Crippen molar-refractivity contribution in [2.75, 3.05) is 18.6 Å². The number of sulfone groups is 1. The molecule has 0 radical (unpaired) electrons. The van der Waals surface area contributed by atoms with Crippen LogP contribution in [0.3, 0.4) is 0 Å². The molecule has 1 atom stereocenters. The molecule has 1 aliphatic rings. The molecule has 0 spiro atoms. The van der Waals surface area contributed by atoms with Crippen molar-refractivity contribution in [3.8, 4) is 5.69 Å². The van der Waals surface area contributed by atoms with Crippen LogP contribution in [0, 0.1) is 0 Å². The fourth-order valence-corrected chi connectivity index (χ4v) is 4.32. The van der Waals surface area contributed by atoms with E-state index in [-0.39, 0.29) is 23.5 Å². The maximum absolute atomic E-state index is 12.4. The van der Waals surface area contributed by atoms with Crippen LogP contribution in [0.5, 0.6) is 0 Å². The number of carbonyl (C=O) groups excluding carboxylic acids is 1. The Kier molecular flexibility index (Phi) is 3.69. The second-order valence-electron chi connectivity index (χ2n) is 5.36. The Labute approximate surface area is 128 Å². The summed E-state index contributed by atoms with van der Waals surface area (Å²) in [6, 6.07) is 6.73. The maximum Gasteiger partial charge on any atom is 0.253 e. The van der Waals surface area contributed by atoms with Gasteiger partial charge in [0, 0.05) is 18.7 Å². The van der Waals surface area contributed by atoms with Crippen molar-refractivity contribution in [1.82, 2.24) is 19.7 Å². The van der Waals surface area contributed by atoms with Crippen molar-refractivity contribution in [1.29, 1.82) is 0 Å². The molecule has 22 heavy (non-hydrogen) atoms. The van der Waals surface area contributed by atoms with E-state index in [4.69, 9.17) is 0 Å². The van der Waals surface area contributed by atoms with E-state index in [1.54, 1.807) is 42.3 Å². The first-order valence-electron chi connectivity index (χ1n) is 6.89. The van der Waals surface area contributed by atoms with Crippen LogP contribution in [0.25, 0.3) is 5.69 Å². The number of aromatic nitrogens is 3. The van der Waals surface area contributed by atoms with E-state index in [9.17, 15) is 13.2 Å². The highest BCUT2D eigenvalue weighted by Crippen LogP contribution is 2.19. The number of nitrogens with zero attached hydrogens (tertiary/aromatic N) is 4. The number of hydrogen-bond acceptors (Lipinski definition) is 5. The predicted molar refractivity (Wildman–Crippen MR) is 80.5 cm³/mol. The lowest BCUT2D eigenvalue weighted by Crippen LogP contribution is -2.37. The van der Waals surface area contributed by atoms with Gasteiger partial charge in [0.1, 0.15) is 12.7 Å². The van der Waals surface area contributed by atoms with Crippen molar-refractivity contribution in [2.45, 2.75) is 12.5 Å². The fourth-order valence-electron chi connectivity index (χ4n) is 2.55. The van der Waals surface area contributed by atoms with Crippen LogP contribution >= 0.6 is 0 Å². The van der Waals surface area contributed by atoms with Gasteiger partial charge in [-0.3, -0.25) is 4.79 Å². The Morgan fingerprint density at radius 2 is 2.05 bits per heavy atom. The lowest BCUT2D eigenvalue weighted by molar-refractivity contribution is 0.0747. The zero-order chi connectivity index (χ0) is 15.7. The predicted octanol–water partition coefficient (Wildman–Crippen LogP) is 0.526. The van der Waals surface area contributed by atoms with E-state index in [2.05, 4.69) is 10.1 Å². The molecule has 1 saturated heterocycles. The van der Waals surface area contributed by atoms with Gasteiger partial charge in [-0.2, -0.15) is 5.10 Å². The van der Waals surface area contributed by atoms with E-state index in [1.807, 2.05) is 0 Å². The minimum absolute atomic E-state index is 0.0479. The van der Waals surface area contributed by atoms with Gasteiger partial charge < -0.3 is 4.90 Å². The maximum atomic E-state index is 12.4. The van der Waals surface area contributed by atoms with E-state index in [0.717, 1.165) is 5.69 Å². The summed E-state index contributed by atoms with van der Waals surface area (Å²) >= 11 is 0. The normalized spacial score (nSPS) is 20.0. The van der Waals surface area contributed by atoms with Gasteiger partial charge >= 0.3 is 0 Å². The van der Waals surface area contributed by atoms with Crippen LogP contribution in [0.2, 0.25) is 0 Å². The minimum atomic E-state index is -3.00. The third-order valence-electron chi connectivity index (χ3n) is 3.87. The average Bonchev–Trinajstić information content (AvgIpc) is 3.15. The smallest absolute Gasteiger partial charge is 0.253 e. The number of rotatable bonds is 3. The first-order valence-corrected chi connectivity index (χ1v) is 8.71. The van der Waals surface area contributed by atoms with Crippen molar-refractivity contribution >= 4 is 15.7 Å². The molecule has 0 saturated carbocycles. The number of carbonyl (C=O) groups is 1. The zero-order valence-corrected chi connectivity index (χ0v) is 12.9. The Morgan fingerprint density at radius 3 is 2.59 bits per heavy atom. The van der Waals surface area contributed by atoms with Crippen LogP contribution in [-0.2, 0) is 9.84 Å². The molecule has 1 aliphatic heterocycles. The lowest BCUT2D eigenvalue weighted by atomic mass is 10.1. The molecule has 1 aromatic heterocycles. The third-order valence-corrected chi connectivity index (χ3v) is 5.62. The van der Waals surface area contributed by atoms with Crippen LogP contribution in [0.4, 0.5) is 0 Å². The van der Waals surface area contributed by atoms with Gasteiger partial charge in [-0.25, -0.2) is 18.1 Å². The Balaban J connectivity index is 1.75. The molecular formula is C14H16N4O3S. The van der Waals surface area contributed by atoms with Crippen LogP contribution < -0.4 is 0 Å². The van der Waals surface area contributed by atoms with Gasteiger partial charge in [0.05, 0.1) is 17.2 Å². The first kappa shape index (κ1) is 14.7. The molecule has 2 heterocycles. The molecule has 1 unspecified atom stereocenters. The van der Waals surface area contributed by atoms with Crippen LogP contribution in [-0.4, -0.2) is 58.6 Å². The van der Waals surface area contributed by atoms with Crippen molar-refractivity contribution in [3.63, 3.8) is 0 Å².